The SMILES string of the molecule is Cc1ccccc1N(C)CCCC1CCCCN1. The molecule has 1 heterocycles. The molecule has 100 valence electrons. The monoisotopic (exact) mass is 246 g/mol. The van der Waals surface area contributed by atoms with E-state index in [2.05, 4.69) is 48.5 Å². The first-order valence-electron chi connectivity index (χ1n) is 7.27. The van der Waals surface area contributed by atoms with Crippen LogP contribution in [0.1, 0.15) is 37.7 Å². The van der Waals surface area contributed by atoms with Gasteiger partial charge >= 0.3 is 0 Å². The van der Waals surface area contributed by atoms with Gasteiger partial charge in [-0.1, -0.05) is 24.6 Å². The van der Waals surface area contributed by atoms with Gasteiger partial charge in [0.1, 0.15) is 0 Å². The lowest BCUT2D eigenvalue weighted by atomic mass is 10.0. The third kappa shape index (κ3) is 3.74. The summed E-state index contributed by atoms with van der Waals surface area (Å²) >= 11 is 0. The van der Waals surface area contributed by atoms with Crippen molar-refractivity contribution in [3.8, 4) is 0 Å². The zero-order chi connectivity index (χ0) is 12.8. The molecule has 1 aliphatic heterocycles. The maximum absolute atomic E-state index is 3.63. The molecule has 0 spiro atoms. The van der Waals surface area contributed by atoms with E-state index in [1.807, 2.05) is 0 Å². The van der Waals surface area contributed by atoms with Crippen LogP contribution in [0, 0.1) is 6.92 Å². The number of para-hydroxylation sites is 1. The van der Waals surface area contributed by atoms with E-state index in [4.69, 9.17) is 0 Å². The molecule has 2 heteroatoms. The van der Waals surface area contributed by atoms with Crippen molar-refractivity contribution in [3.05, 3.63) is 29.8 Å². The third-order valence-electron chi connectivity index (χ3n) is 3.99. The van der Waals surface area contributed by atoms with Crippen molar-refractivity contribution in [3.63, 3.8) is 0 Å². The van der Waals surface area contributed by atoms with Gasteiger partial charge in [0, 0.05) is 25.3 Å². The largest absolute Gasteiger partial charge is 0.374 e. The van der Waals surface area contributed by atoms with Crippen LogP contribution in [0.25, 0.3) is 0 Å². The summed E-state index contributed by atoms with van der Waals surface area (Å²) in [6, 6.07) is 9.41. The van der Waals surface area contributed by atoms with Gasteiger partial charge in [0.25, 0.3) is 0 Å². The van der Waals surface area contributed by atoms with Crippen LogP contribution in [0.2, 0.25) is 0 Å². The van der Waals surface area contributed by atoms with Gasteiger partial charge in [-0.3, -0.25) is 0 Å². The molecular weight excluding hydrogens is 220 g/mol. The minimum Gasteiger partial charge on any atom is -0.374 e. The van der Waals surface area contributed by atoms with E-state index in [9.17, 15) is 0 Å². The molecular formula is C16H26N2. The molecule has 1 aliphatic rings. The average molecular weight is 246 g/mol. The topological polar surface area (TPSA) is 15.3 Å². The van der Waals surface area contributed by atoms with Crippen LogP contribution in [-0.2, 0) is 0 Å². The van der Waals surface area contributed by atoms with E-state index in [0.717, 1.165) is 12.6 Å². The van der Waals surface area contributed by atoms with Crippen molar-refractivity contribution in [2.24, 2.45) is 0 Å². The Morgan fingerprint density at radius 2 is 2.11 bits per heavy atom. The van der Waals surface area contributed by atoms with Crippen LogP contribution in [0.5, 0.6) is 0 Å². The number of nitrogens with one attached hydrogen (secondary N) is 1. The summed E-state index contributed by atoms with van der Waals surface area (Å²) in [6.45, 7) is 4.57. The number of hydrogen-bond donors (Lipinski definition) is 1. The van der Waals surface area contributed by atoms with E-state index in [0.29, 0.717) is 0 Å². The Bertz CT molecular complexity index is 356. The Morgan fingerprint density at radius 3 is 2.83 bits per heavy atom. The normalized spacial score (nSPS) is 19.8. The van der Waals surface area contributed by atoms with Gasteiger partial charge in [0.2, 0.25) is 0 Å². The summed E-state index contributed by atoms with van der Waals surface area (Å²) in [4.78, 5) is 2.39. The van der Waals surface area contributed by atoms with Gasteiger partial charge in [0.15, 0.2) is 0 Å². The summed E-state index contributed by atoms with van der Waals surface area (Å²) in [7, 11) is 2.20. The maximum Gasteiger partial charge on any atom is 0.0393 e. The van der Waals surface area contributed by atoms with Crippen LogP contribution in [0.15, 0.2) is 24.3 Å². The number of nitrogens with zero attached hydrogens (tertiary/aromatic N) is 1. The zero-order valence-corrected chi connectivity index (χ0v) is 11.8. The first kappa shape index (κ1) is 13.4. The minimum atomic E-state index is 0.768. The van der Waals surface area contributed by atoms with Crippen LogP contribution < -0.4 is 10.2 Å². The number of benzene rings is 1. The van der Waals surface area contributed by atoms with Crippen LogP contribution >= 0.6 is 0 Å². The molecule has 1 atom stereocenters. The van der Waals surface area contributed by atoms with Crippen molar-refractivity contribution >= 4 is 5.69 Å². The molecule has 0 bridgehead atoms. The Hall–Kier alpha value is -1.02. The molecule has 0 radical (unpaired) electrons. The lowest BCUT2D eigenvalue weighted by molar-refractivity contribution is 0.376. The molecule has 1 fully saturated rings. The lowest BCUT2D eigenvalue weighted by Crippen LogP contribution is -2.34. The number of anilines is 1. The molecule has 2 nitrogen and oxygen atoms in total. The fourth-order valence-electron chi connectivity index (χ4n) is 2.86. The summed E-state index contributed by atoms with van der Waals surface area (Å²) in [6.07, 6.45) is 6.73. The fourth-order valence-corrected chi connectivity index (χ4v) is 2.86. The van der Waals surface area contributed by atoms with Crippen molar-refractivity contribution in [1.29, 1.82) is 0 Å². The second kappa shape index (κ2) is 6.79. The molecule has 1 unspecified atom stereocenters. The zero-order valence-electron chi connectivity index (χ0n) is 11.8. The molecule has 1 aromatic carbocycles. The minimum absolute atomic E-state index is 0.768. The molecule has 1 aromatic rings. The van der Waals surface area contributed by atoms with Gasteiger partial charge in [-0.2, -0.15) is 0 Å². The molecule has 1 N–H and O–H groups in total. The maximum atomic E-state index is 3.63. The van der Waals surface area contributed by atoms with E-state index in [1.54, 1.807) is 0 Å². The Morgan fingerprint density at radius 1 is 1.28 bits per heavy atom. The summed E-state index contributed by atoms with van der Waals surface area (Å²) in [5.41, 5.74) is 2.74. The molecule has 0 amide bonds. The summed E-state index contributed by atoms with van der Waals surface area (Å²) < 4.78 is 0. The van der Waals surface area contributed by atoms with Gasteiger partial charge in [0.05, 0.1) is 0 Å². The van der Waals surface area contributed by atoms with Crippen LogP contribution in [-0.4, -0.2) is 26.2 Å². The molecule has 1 saturated heterocycles. The first-order chi connectivity index (χ1) is 8.77. The second-order valence-corrected chi connectivity index (χ2v) is 5.50. The standard InChI is InChI=1S/C16H26N2/c1-14-8-3-4-11-16(14)18(2)13-7-10-15-9-5-6-12-17-15/h3-4,8,11,15,17H,5-7,9-10,12-13H2,1-2H3. The Kier molecular flexibility index (Phi) is 5.06. The molecule has 2 rings (SSSR count). The molecule has 18 heavy (non-hydrogen) atoms. The molecule has 0 aliphatic carbocycles. The Labute approximate surface area is 111 Å². The highest BCUT2D eigenvalue weighted by Gasteiger charge is 2.12. The highest BCUT2D eigenvalue weighted by Crippen LogP contribution is 2.19. The lowest BCUT2D eigenvalue weighted by Gasteiger charge is -2.25. The average Bonchev–Trinajstić information content (AvgIpc) is 2.40. The van der Waals surface area contributed by atoms with E-state index < -0.39 is 0 Å². The van der Waals surface area contributed by atoms with Crippen LogP contribution in [0.3, 0.4) is 0 Å². The third-order valence-corrected chi connectivity index (χ3v) is 3.99. The predicted octanol–water partition coefficient (Wildman–Crippen LogP) is 3.35. The van der Waals surface area contributed by atoms with Crippen molar-refractivity contribution in [2.75, 3.05) is 25.0 Å². The van der Waals surface area contributed by atoms with Gasteiger partial charge in [-0.05, 0) is 50.8 Å². The van der Waals surface area contributed by atoms with E-state index >= 15 is 0 Å². The predicted molar refractivity (Wildman–Crippen MR) is 79.3 cm³/mol. The quantitative estimate of drug-likeness (QED) is 0.857. The van der Waals surface area contributed by atoms with Crippen molar-refractivity contribution < 1.29 is 0 Å². The number of aryl methyl sites for hydroxylation is 1. The number of hydrogen-bond acceptors (Lipinski definition) is 2. The smallest absolute Gasteiger partial charge is 0.0393 e. The number of rotatable bonds is 5. The van der Waals surface area contributed by atoms with Crippen LogP contribution in [0.4, 0.5) is 5.69 Å². The van der Waals surface area contributed by atoms with E-state index in [-0.39, 0.29) is 0 Å². The van der Waals surface area contributed by atoms with E-state index in [1.165, 1.54) is 49.9 Å². The van der Waals surface area contributed by atoms with Gasteiger partial charge < -0.3 is 10.2 Å². The first-order valence-corrected chi connectivity index (χ1v) is 7.27. The van der Waals surface area contributed by atoms with Gasteiger partial charge in [-0.15, -0.1) is 0 Å². The van der Waals surface area contributed by atoms with Crippen molar-refractivity contribution in [2.45, 2.75) is 45.1 Å². The molecule has 0 saturated carbocycles. The highest BCUT2D eigenvalue weighted by atomic mass is 15.1. The summed E-state index contributed by atoms with van der Waals surface area (Å²) in [5, 5.41) is 3.63. The van der Waals surface area contributed by atoms with Gasteiger partial charge in [-0.25, -0.2) is 0 Å². The number of piperidine rings is 1. The Balaban J connectivity index is 1.74. The van der Waals surface area contributed by atoms with Crippen molar-refractivity contribution in [1.82, 2.24) is 5.32 Å². The molecule has 0 aromatic heterocycles. The second-order valence-electron chi connectivity index (χ2n) is 5.50. The summed E-state index contributed by atoms with van der Waals surface area (Å²) in [5.74, 6) is 0. The fraction of sp³-hybridized carbons (Fsp3) is 0.625. The highest BCUT2D eigenvalue weighted by molar-refractivity contribution is 5.52.